The minimum absolute atomic E-state index is 0.0439. The van der Waals surface area contributed by atoms with Crippen LogP contribution in [-0.4, -0.2) is 20.8 Å². The predicted octanol–water partition coefficient (Wildman–Crippen LogP) is 7.27. The summed E-state index contributed by atoms with van der Waals surface area (Å²) in [4.78, 5) is 4.90. The molecule has 2 aliphatic heterocycles. The average Bonchev–Trinajstić information content (AvgIpc) is 3.75. The van der Waals surface area contributed by atoms with E-state index in [1.807, 2.05) is 97.1 Å². The highest BCUT2D eigenvalue weighted by Gasteiger charge is 2.41. The van der Waals surface area contributed by atoms with E-state index in [-0.39, 0.29) is 6.71 Å². The van der Waals surface area contributed by atoms with Gasteiger partial charge in [-0.15, -0.1) is 0 Å². The number of ether oxygens (including phenoxy) is 3. The van der Waals surface area contributed by atoms with Crippen LogP contribution in [0.2, 0.25) is 0 Å². The molecule has 240 valence electrons. The Morgan fingerprint density at radius 2 is 1.43 bits per heavy atom. The molecule has 3 aromatic heterocycles. The number of benzene rings is 6. The van der Waals surface area contributed by atoms with Gasteiger partial charge in [-0.25, -0.2) is 4.98 Å². The van der Waals surface area contributed by atoms with Crippen LogP contribution in [-0.2, 0) is 6.98 Å². The molecule has 7 nitrogen and oxygen atoms in total. The molecule has 51 heavy (non-hydrogen) atoms. The number of hydrogen-bond donors (Lipinski definition) is 0. The minimum Gasteiger partial charge on any atom is -0.458 e. The zero-order valence-corrected chi connectivity index (χ0v) is 26.9. The second kappa shape index (κ2) is 10.6. The number of para-hydroxylation sites is 4. The van der Waals surface area contributed by atoms with E-state index < -0.39 is 6.98 Å². The van der Waals surface area contributed by atoms with Crippen molar-refractivity contribution < 1.29 is 22.9 Å². The first-order chi connectivity index (χ1) is 26.4. The number of nitrogens with zero attached hydrogens (tertiary/aromatic N) is 4. The Hall–Kier alpha value is -6.80. The summed E-state index contributed by atoms with van der Waals surface area (Å²) < 4.78 is 49.2. The molecule has 0 bridgehead atoms. The minimum atomic E-state index is -2.38. The van der Waals surface area contributed by atoms with Gasteiger partial charge in [0.1, 0.15) is 40.1 Å². The number of imidazole rings is 1. The first kappa shape index (κ1) is 25.2. The molecule has 0 spiro atoms. The van der Waals surface area contributed by atoms with Crippen LogP contribution in [0.15, 0.2) is 146 Å². The SMILES string of the molecule is [2H]C([2H])([2H])[n+]1[c-]n(-c2cccc(Oc3cccc(-n4c5cc6c7c(c5c5cccnc54)Oc4ccccc4B7c4ccccc4O6)c3)c2)c2ccccc21. The maximum absolute atomic E-state index is 8.05. The standard InChI is InChI=1S/C43H27BN4O3/c1-46-26-47(35-19-5-4-18-34(35)46)27-11-8-13-29(23-27)49-30-14-9-12-28(24-30)48-36-25-39-41-42(40(36)31-15-10-22-45-43(31)48)51-38-21-7-3-17-33(38)44(41)32-16-2-6-20-37(32)50-39/h2-25H,1H3/i1D3. The van der Waals surface area contributed by atoms with Crippen molar-refractivity contribution in [2.24, 2.45) is 6.98 Å². The highest BCUT2D eigenvalue weighted by atomic mass is 16.5. The average molecular weight is 662 g/mol. The molecule has 0 fully saturated rings. The van der Waals surface area contributed by atoms with Gasteiger partial charge in [0.2, 0.25) is 6.33 Å². The van der Waals surface area contributed by atoms with Gasteiger partial charge < -0.3 is 23.3 Å². The van der Waals surface area contributed by atoms with E-state index in [9.17, 15) is 0 Å². The Labute approximate surface area is 297 Å². The van der Waals surface area contributed by atoms with Gasteiger partial charge >= 0.3 is 0 Å². The van der Waals surface area contributed by atoms with Gasteiger partial charge in [0.15, 0.2) is 0 Å². The molecule has 5 heterocycles. The molecule has 0 saturated heterocycles. The summed E-state index contributed by atoms with van der Waals surface area (Å²) in [5.41, 5.74) is 7.75. The lowest BCUT2D eigenvalue weighted by molar-refractivity contribution is -0.649. The Balaban J connectivity index is 1.04. The van der Waals surface area contributed by atoms with E-state index in [1.165, 1.54) is 4.57 Å². The third kappa shape index (κ3) is 4.13. The predicted molar refractivity (Wildman–Crippen MR) is 200 cm³/mol. The summed E-state index contributed by atoms with van der Waals surface area (Å²) >= 11 is 0. The highest BCUT2D eigenvalue weighted by molar-refractivity contribution is 6.98. The van der Waals surface area contributed by atoms with Crippen molar-refractivity contribution >= 4 is 56.1 Å². The summed E-state index contributed by atoms with van der Waals surface area (Å²) in [6, 6.07) is 45.4. The fourth-order valence-corrected chi connectivity index (χ4v) is 7.77. The van der Waals surface area contributed by atoms with E-state index in [1.54, 1.807) is 16.8 Å². The quantitative estimate of drug-likeness (QED) is 0.113. The van der Waals surface area contributed by atoms with Crippen LogP contribution in [0.5, 0.6) is 34.5 Å². The van der Waals surface area contributed by atoms with Crippen LogP contribution >= 0.6 is 0 Å². The maximum atomic E-state index is 8.05. The zero-order chi connectivity index (χ0) is 36.1. The molecular formula is C43H27BN4O3. The number of aromatic nitrogens is 4. The number of hydrogen-bond acceptors (Lipinski definition) is 4. The third-order valence-corrected chi connectivity index (χ3v) is 9.90. The first-order valence-electron chi connectivity index (χ1n) is 18.2. The van der Waals surface area contributed by atoms with Crippen molar-refractivity contribution in [1.82, 2.24) is 14.1 Å². The smallest absolute Gasteiger partial charge is 0.260 e. The molecule has 11 rings (SSSR count). The van der Waals surface area contributed by atoms with E-state index >= 15 is 0 Å². The molecule has 8 heteroatoms. The second-order valence-electron chi connectivity index (χ2n) is 12.8. The highest BCUT2D eigenvalue weighted by Crippen LogP contribution is 2.44. The molecule has 0 aliphatic carbocycles. The first-order valence-corrected chi connectivity index (χ1v) is 16.7. The summed E-state index contributed by atoms with van der Waals surface area (Å²) in [7, 11) is 0. The van der Waals surface area contributed by atoms with E-state index in [0.29, 0.717) is 17.0 Å². The molecule has 0 saturated carbocycles. The fourth-order valence-electron chi connectivity index (χ4n) is 7.77. The molecule has 9 aromatic rings. The Morgan fingerprint density at radius 3 is 2.25 bits per heavy atom. The molecule has 6 aromatic carbocycles. The molecular weight excluding hydrogens is 631 g/mol. The number of rotatable bonds is 4. The largest absolute Gasteiger partial charge is 0.458 e. The lowest BCUT2D eigenvalue weighted by atomic mass is 9.35. The van der Waals surface area contributed by atoms with E-state index in [0.717, 1.165) is 78.2 Å². The molecule has 0 unspecified atom stereocenters. The summed E-state index contributed by atoms with van der Waals surface area (Å²) in [6.45, 7) is -2.43. The van der Waals surface area contributed by atoms with Gasteiger partial charge in [-0.05, 0) is 59.5 Å². The van der Waals surface area contributed by atoms with Gasteiger partial charge in [0.05, 0.1) is 44.4 Å². The molecule has 0 amide bonds. The van der Waals surface area contributed by atoms with Crippen molar-refractivity contribution in [3.8, 4) is 45.9 Å². The summed E-state index contributed by atoms with van der Waals surface area (Å²) in [5.74, 6) is 4.37. The number of pyridine rings is 1. The van der Waals surface area contributed by atoms with E-state index in [4.69, 9.17) is 23.3 Å². The third-order valence-electron chi connectivity index (χ3n) is 9.90. The lowest BCUT2D eigenvalue weighted by Crippen LogP contribution is -2.57. The molecule has 2 aliphatic rings. The summed E-state index contributed by atoms with van der Waals surface area (Å²) in [5, 5.41) is 1.92. The van der Waals surface area contributed by atoms with Crippen molar-refractivity contribution in [1.29, 1.82) is 0 Å². The van der Waals surface area contributed by atoms with Crippen LogP contribution in [0.4, 0.5) is 0 Å². The van der Waals surface area contributed by atoms with Crippen molar-refractivity contribution in [2.45, 2.75) is 0 Å². The van der Waals surface area contributed by atoms with Crippen LogP contribution in [0.3, 0.4) is 0 Å². The maximum Gasteiger partial charge on any atom is 0.260 e. The molecule has 0 radical (unpaired) electrons. The van der Waals surface area contributed by atoms with Crippen LogP contribution in [0.25, 0.3) is 44.3 Å². The Bertz CT molecular complexity index is 3000. The van der Waals surface area contributed by atoms with Crippen LogP contribution in [0, 0.1) is 6.33 Å². The van der Waals surface area contributed by atoms with Crippen molar-refractivity contribution in [3.05, 3.63) is 152 Å². The van der Waals surface area contributed by atoms with Gasteiger partial charge in [-0.3, -0.25) is 4.57 Å². The van der Waals surface area contributed by atoms with Gasteiger partial charge in [-0.2, -0.15) is 0 Å². The zero-order valence-electron chi connectivity index (χ0n) is 29.9. The molecule has 0 N–H and O–H groups in total. The Kier molecular flexibility index (Phi) is 5.24. The van der Waals surface area contributed by atoms with Crippen LogP contribution in [0.1, 0.15) is 4.11 Å². The van der Waals surface area contributed by atoms with E-state index in [2.05, 4.69) is 47.3 Å². The van der Waals surface area contributed by atoms with Crippen LogP contribution < -0.4 is 35.2 Å². The normalized spacial score (nSPS) is 13.8. The topological polar surface area (TPSA) is 54.3 Å². The monoisotopic (exact) mass is 661 g/mol. The van der Waals surface area contributed by atoms with Gasteiger partial charge in [0, 0.05) is 29.2 Å². The van der Waals surface area contributed by atoms with Crippen molar-refractivity contribution in [2.75, 3.05) is 0 Å². The lowest BCUT2D eigenvalue weighted by Gasteiger charge is -2.33. The molecule has 0 atom stereocenters. The Morgan fingerprint density at radius 1 is 0.706 bits per heavy atom. The van der Waals surface area contributed by atoms with Gasteiger partial charge in [-0.1, -0.05) is 78.9 Å². The number of fused-ring (bicyclic) bond motifs is 9. The second-order valence-corrected chi connectivity index (χ2v) is 12.8. The number of aryl methyl sites for hydroxylation is 1. The summed E-state index contributed by atoms with van der Waals surface area (Å²) in [6.07, 6.45) is 4.84. The van der Waals surface area contributed by atoms with Crippen molar-refractivity contribution in [3.63, 3.8) is 0 Å². The van der Waals surface area contributed by atoms with Gasteiger partial charge in [0.25, 0.3) is 6.71 Å². The fraction of sp³-hybridized carbons (Fsp3) is 0.0233.